The van der Waals surface area contributed by atoms with Gasteiger partial charge in [0.25, 0.3) is 0 Å². The van der Waals surface area contributed by atoms with Crippen LogP contribution in [0.1, 0.15) is 38.8 Å². The van der Waals surface area contributed by atoms with Crippen molar-refractivity contribution in [2.24, 2.45) is 0 Å². The Morgan fingerprint density at radius 2 is 2.07 bits per heavy atom. The van der Waals surface area contributed by atoms with Gasteiger partial charge in [-0.25, -0.2) is 13.8 Å². The smallest absolute Gasteiger partial charge is 0.186 e. The SMILES string of the molecule is N#CC(C(=O)c1ccc2c(c1)CCC=C2)c1nc(-c2cc(F)ccc2F)cs1. The number of allylic oxidation sites excluding steroid dienone is 1. The standard InChI is InChI=1S/C22H14F2N2OS/c23-16-7-8-19(24)17(10-16)20-12-28-22(26-20)18(11-25)21(27)15-6-5-13-3-1-2-4-14(13)9-15/h1,3,5-10,12,18H,2,4H2. The van der Waals surface area contributed by atoms with Crippen molar-refractivity contribution in [2.75, 3.05) is 0 Å². The van der Waals surface area contributed by atoms with Gasteiger partial charge >= 0.3 is 0 Å². The summed E-state index contributed by atoms with van der Waals surface area (Å²) in [5.41, 5.74) is 2.82. The van der Waals surface area contributed by atoms with Crippen LogP contribution in [0.15, 0.2) is 47.9 Å². The second-order valence-electron chi connectivity index (χ2n) is 6.48. The van der Waals surface area contributed by atoms with E-state index < -0.39 is 17.6 Å². The highest BCUT2D eigenvalue weighted by Gasteiger charge is 2.26. The summed E-state index contributed by atoms with van der Waals surface area (Å²) < 4.78 is 27.4. The van der Waals surface area contributed by atoms with E-state index in [1.54, 1.807) is 6.07 Å². The van der Waals surface area contributed by atoms with Gasteiger partial charge in [-0.15, -0.1) is 11.3 Å². The fourth-order valence-electron chi connectivity index (χ4n) is 3.22. The van der Waals surface area contributed by atoms with Crippen molar-refractivity contribution in [1.82, 2.24) is 4.98 Å². The molecule has 3 aromatic rings. The minimum Gasteiger partial charge on any atom is -0.292 e. The van der Waals surface area contributed by atoms with E-state index in [1.807, 2.05) is 24.3 Å². The van der Waals surface area contributed by atoms with E-state index in [-0.39, 0.29) is 22.0 Å². The Balaban J connectivity index is 1.66. The molecular formula is C22H14F2N2OS. The zero-order chi connectivity index (χ0) is 19.7. The maximum Gasteiger partial charge on any atom is 0.186 e. The number of carbonyl (C=O) groups is 1. The lowest BCUT2D eigenvalue weighted by atomic mass is 9.91. The third-order valence-corrected chi connectivity index (χ3v) is 5.58. The molecule has 0 fully saturated rings. The fraction of sp³-hybridized carbons (Fsp3) is 0.136. The van der Waals surface area contributed by atoms with E-state index in [2.05, 4.69) is 11.1 Å². The van der Waals surface area contributed by atoms with Crippen molar-refractivity contribution in [1.29, 1.82) is 5.26 Å². The lowest BCUT2D eigenvalue weighted by Gasteiger charge is -2.12. The first-order valence-corrected chi connectivity index (χ1v) is 9.59. The zero-order valence-electron chi connectivity index (χ0n) is 14.7. The minimum atomic E-state index is -1.09. The van der Waals surface area contributed by atoms with Crippen molar-refractivity contribution in [3.05, 3.63) is 81.2 Å². The van der Waals surface area contributed by atoms with Gasteiger partial charge in [0.05, 0.1) is 11.8 Å². The Labute approximate surface area is 164 Å². The molecule has 28 heavy (non-hydrogen) atoms. The molecular weight excluding hydrogens is 378 g/mol. The number of hydrogen-bond acceptors (Lipinski definition) is 4. The molecule has 6 heteroatoms. The first-order valence-electron chi connectivity index (χ1n) is 8.71. The van der Waals surface area contributed by atoms with Crippen LogP contribution in [-0.2, 0) is 6.42 Å². The molecule has 0 radical (unpaired) electrons. The van der Waals surface area contributed by atoms with E-state index in [0.717, 1.165) is 53.5 Å². The van der Waals surface area contributed by atoms with E-state index in [4.69, 9.17) is 0 Å². The van der Waals surface area contributed by atoms with Crippen LogP contribution in [-0.4, -0.2) is 10.8 Å². The molecule has 0 saturated heterocycles. The molecule has 0 saturated carbocycles. The number of halogens is 2. The summed E-state index contributed by atoms with van der Waals surface area (Å²) in [6.45, 7) is 0. The van der Waals surface area contributed by atoms with E-state index in [1.165, 1.54) is 5.38 Å². The molecule has 4 rings (SSSR count). The van der Waals surface area contributed by atoms with Gasteiger partial charge in [0, 0.05) is 16.5 Å². The van der Waals surface area contributed by atoms with Crippen molar-refractivity contribution in [2.45, 2.75) is 18.8 Å². The van der Waals surface area contributed by atoms with Gasteiger partial charge in [-0.3, -0.25) is 4.79 Å². The molecule has 2 aromatic carbocycles. The van der Waals surface area contributed by atoms with Crippen molar-refractivity contribution < 1.29 is 13.6 Å². The van der Waals surface area contributed by atoms with Crippen LogP contribution in [0.5, 0.6) is 0 Å². The molecule has 1 aliphatic rings. The molecule has 3 nitrogen and oxygen atoms in total. The number of fused-ring (bicyclic) bond motifs is 1. The number of carbonyl (C=O) groups excluding carboxylic acids is 1. The Morgan fingerprint density at radius 1 is 1.21 bits per heavy atom. The maximum atomic E-state index is 14.0. The van der Waals surface area contributed by atoms with Crippen LogP contribution >= 0.6 is 11.3 Å². The van der Waals surface area contributed by atoms with Crippen molar-refractivity contribution in [3.8, 4) is 17.3 Å². The van der Waals surface area contributed by atoms with Crippen LogP contribution in [0.2, 0.25) is 0 Å². The van der Waals surface area contributed by atoms with E-state index in [0.29, 0.717) is 5.56 Å². The number of ketones is 1. The highest BCUT2D eigenvalue weighted by Crippen LogP contribution is 2.31. The van der Waals surface area contributed by atoms with Gasteiger partial charge < -0.3 is 0 Å². The third kappa shape index (κ3) is 3.37. The number of thiazole rings is 1. The van der Waals surface area contributed by atoms with E-state index in [9.17, 15) is 18.8 Å². The van der Waals surface area contributed by atoms with E-state index >= 15 is 0 Å². The van der Waals surface area contributed by atoms with Gasteiger partial charge in [0.2, 0.25) is 0 Å². The molecule has 1 aromatic heterocycles. The van der Waals surface area contributed by atoms with Crippen LogP contribution in [0.3, 0.4) is 0 Å². The summed E-state index contributed by atoms with van der Waals surface area (Å²) in [4.78, 5) is 17.2. The highest BCUT2D eigenvalue weighted by atomic mass is 32.1. The van der Waals surface area contributed by atoms with Crippen LogP contribution in [0.4, 0.5) is 8.78 Å². The number of hydrogen-bond donors (Lipinski definition) is 0. The first kappa shape index (κ1) is 18.2. The predicted octanol–water partition coefficient (Wildman–Crippen LogP) is 5.54. The molecule has 1 heterocycles. The monoisotopic (exact) mass is 392 g/mol. The van der Waals surface area contributed by atoms with Crippen molar-refractivity contribution in [3.63, 3.8) is 0 Å². The van der Waals surface area contributed by atoms with Crippen molar-refractivity contribution >= 4 is 23.2 Å². The summed E-state index contributed by atoms with van der Waals surface area (Å²) in [7, 11) is 0. The van der Waals surface area contributed by atoms with Crippen LogP contribution < -0.4 is 0 Å². The van der Waals surface area contributed by atoms with Crippen LogP contribution in [0, 0.1) is 23.0 Å². The van der Waals surface area contributed by atoms with Gasteiger partial charge in [0.1, 0.15) is 16.6 Å². The molecule has 138 valence electrons. The number of rotatable bonds is 4. The number of aromatic nitrogens is 1. The Bertz CT molecular complexity index is 1140. The summed E-state index contributed by atoms with van der Waals surface area (Å²) in [6, 6.07) is 10.5. The topological polar surface area (TPSA) is 53.8 Å². The summed E-state index contributed by atoms with van der Waals surface area (Å²) in [5, 5.41) is 11.4. The zero-order valence-corrected chi connectivity index (χ0v) is 15.5. The van der Waals surface area contributed by atoms with Gasteiger partial charge in [-0.05, 0) is 48.2 Å². The second-order valence-corrected chi connectivity index (χ2v) is 7.37. The number of nitrogens with zero attached hydrogens (tertiary/aromatic N) is 2. The lowest BCUT2D eigenvalue weighted by molar-refractivity contribution is 0.0978. The summed E-state index contributed by atoms with van der Waals surface area (Å²) in [5.74, 6) is -2.63. The Hall–Kier alpha value is -3.17. The summed E-state index contributed by atoms with van der Waals surface area (Å²) >= 11 is 1.09. The quantitative estimate of drug-likeness (QED) is 0.548. The number of benzene rings is 2. The number of Topliss-reactive ketones (excluding diaryl/α,β-unsaturated/α-hetero) is 1. The molecule has 1 atom stereocenters. The minimum absolute atomic E-state index is 0.00667. The lowest BCUT2D eigenvalue weighted by Crippen LogP contribution is -2.12. The first-order chi connectivity index (χ1) is 13.6. The van der Waals surface area contributed by atoms with Gasteiger partial charge in [0.15, 0.2) is 11.7 Å². The number of aryl methyl sites for hydroxylation is 1. The van der Waals surface area contributed by atoms with Gasteiger partial charge in [-0.1, -0.05) is 24.3 Å². The normalized spacial score (nSPS) is 13.6. The third-order valence-electron chi connectivity index (χ3n) is 4.67. The fourth-order valence-corrected chi connectivity index (χ4v) is 4.08. The molecule has 0 aliphatic heterocycles. The Kier molecular flexibility index (Phi) is 4.84. The molecule has 0 amide bonds. The average molecular weight is 392 g/mol. The highest BCUT2D eigenvalue weighted by molar-refractivity contribution is 7.10. The van der Waals surface area contributed by atoms with Crippen LogP contribution in [0.25, 0.3) is 17.3 Å². The largest absolute Gasteiger partial charge is 0.292 e. The molecule has 1 unspecified atom stereocenters. The molecule has 0 bridgehead atoms. The second kappa shape index (κ2) is 7.45. The van der Waals surface area contributed by atoms with Gasteiger partial charge in [-0.2, -0.15) is 5.26 Å². The Morgan fingerprint density at radius 3 is 2.89 bits per heavy atom. The average Bonchev–Trinajstić information content (AvgIpc) is 3.19. The summed E-state index contributed by atoms with van der Waals surface area (Å²) in [6.07, 6.45) is 5.88. The molecule has 1 aliphatic carbocycles. The maximum absolute atomic E-state index is 14.0. The predicted molar refractivity (Wildman–Crippen MR) is 104 cm³/mol. The number of nitriles is 1. The molecule has 0 N–H and O–H groups in total. The molecule has 0 spiro atoms.